The van der Waals surface area contributed by atoms with Crippen molar-refractivity contribution >= 4 is 6.09 Å². The van der Waals surface area contributed by atoms with E-state index >= 15 is 0 Å². The van der Waals surface area contributed by atoms with Gasteiger partial charge in [0.25, 0.3) is 0 Å². The number of benzene rings is 1. The third-order valence-electron chi connectivity index (χ3n) is 3.25. The van der Waals surface area contributed by atoms with E-state index in [0.29, 0.717) is 19.0 Å². The lowest BCUT2D eigenvalue weighted by atomic mass is 9.90. The van der Waals surface area contributed by atoms with Gasteiger partial charge in [0.1, 0.15) is 0 Å². The van der Waals surface area contributed by atoms with Crippen LogP contribution in [0.5, 0.6) is 0 Å². The first-order valence-corrected chi connectivity index (χ1v) is 5.77. The number of likely N-dealkylation sites (tertiary alicyclic amines) is 1. The van der Waals surface area contributed by atoms with Gasteiger partial charge in [-0.25, -0.2) is 4.79 Å². The number of carbonyl (C=O) groups is 1. The van der Waals surface area contributed by atoms with E-state index in [0.717, 1.165) is 19.3 Å². The molecule has 0 aromatic heterocycles. The Hall–Kier alpha value is -1.51. The van der Waals surface area contributed by atoms with Crippen molar-refractivity contribution < 1.29 is 9.90 Å². The highest BCUT2D eigenvalue weighted by Crippen LogP contribution is 2.21. The lowest BCUT2D eigenvalue weighted by Crippen LogP contribution is -2.37. The first-order chi connectivity index (χ1) is 7.75. The number of piperidine rings is 1. The summed E-state index contributed by atoms with van der Waals surface area (Å²) in [4.78, 5) is 12.3. The molecule has 86 valence electrons. The standard InChI is InChI=1S/C13H17NO2/c15-13(16)14-8-6-12(7-9-14)10-11-4-2-1-3-5-11/h1-5,12H,6-10H2,(H,15,16). The molecule has 0 bridgehead atoms. The minimum absolute atomic E-state index is 0.637. The summed E-state index contributed by atoms with van der Waals surface area (Å²) in [6, 6.07) is 10.4. The number of carboxylic acid groups (broad SMARTS) is 1. The number of hydrogen-bond acceptors (Lipinski definition) is 1. The Morgan fingerprint density at radius 1 is 1.25 bits per heavy atom. The second-order valence-electron chi connectivity index (χ2n) is 4.40. The maximum absolute atomic E-state index is 10.7. The molecule has 16 heavy (non-hydrogen) atoms. The highest BCUT2D eigenvalue weighted by atomic mass is 16.4. The van der Waals surface area contributed by atoms with Gasteiger partial charge in [-0.2, -0.15) is 0 Å². The van der Waals surface area contributed by atoms with E-state index < -0.39 is 6.09 Å². The first kappa shape index (κ1) is 11.0. The molecular formula is C13H17NO2. The highest BCUT2D eigenvalue weighted by molar-refractivity contribution is 5.64. The topological polar surface area (TPSA) is 40.5 Å². The van der Waals surface area contributed by atoms with Crippen molar-refractivity contribution in [2.75, 3.05) is 13.1 Å². The minimum Gasteiger partial charge on any atom is -0.465 e. The molecule has 0 unspecified atom stereocenters. The van der Waals surface area contributed by atoms with Gasteiger partial charge in [0.2, 0.25) is 0 Å². The smallest absolute Gasteiger partial charge is 0.407 e. The quantitative estimate of drug-likeness (QED) is 0.830. The molecule has 3 heteroatoms. The van der Waals surface area contributed by atoms with E-state index in [1.54, 1.807) is 0 Å². The molecule has 1 aliphatic rings. The fraction of sp³-hybridized carbons (Fsp3) is 0.462. The second-order valence-corrected chi connectivity index (χ2v) is 4.40. The Labute approximate surface area is 95.7 Å². The molecule has 1 aliphatic heterocycles. The van der Waals surface area contributed by atoms with E-state index in [9.17, 15) is 4.79 Å². The summed E-state index contributed by atoms with van der Waals surface area (Å²) >= 11 is 0. The summed E-state index contributed by atoms with van der Waals surface area (Å²) in [5.41, 5.74) is 1.36. The molecule has 1 aromatic carbocycles. The van der Waals surface area contributed by atoms with Gasteiger partial charge in [0, 0.05) is 13.1 Å². The summed E-state index contributed by atoms with van der Waals surface area (Å²) in [6.45, 7) is 1.37. The van der Waals surface area contributed by atoms with Gasteiger partial charge in [-0.1, -0.05) is 30.3 Å². The Bertz CT molecular complexity index is 342. The van der Waals surface area contributed by atoms with Crippen molar-refractivity contribution in [3.8, 4) is 0 Å². The Balaban J connectivity index is 1.84. The van der Waals surface area contributed by atoms with Gasteiger partial charge in [-0.05, 0) is 30.7 Å². The Morgan fingerprint density at radius 2 is 1.88 bits per heavy atom. The Kier molecular flexibility index (Phi) is 3.44. The maximum Gasteiger partial charge on any atom is 0.407 e. The zero-order valence-electron chi connectivity index (χ0n) is 9.30. The first-order valence-electron chi connectivity index (χ1n) is 5.77. The van der Waals surface area contributed by atoms with Crippen LogP contribution in [0.1, 0.15) is 18.4 Å². The van der Waals surface area contributed by atoms with Crippen molar-refractivity contribution in [2.24, 2.45) is 5.92 Å². The third kappa shape index (κ3) is 2.75. The van der Waals surface area contributed by atoms with Crippen molar-refractivity contribution in [3.63, 3.8) is 0 Å². The van der Waals surface area contributed by atoms with Crippen LogP contribution in [0.3, 0.4) is 0 Å². The molecule has 2 rings (SSSR count). The van der Waals surface area contributed by atoms with Gasteiger partial charge in [0.15, 0.2) is 0 Å². The lowest BCUT2D eigenvalue weighted by molar-refractivity contribution is 0.124. The van der Waals surface area contributed by atoms with Crippen LogP contribution >= 0.6 is 0 Å². The van der Waals surface area contributed by atoms with Crippen LogP contribution in [0, 0.1) is 5.92 Å². The van der Waals surface area contributed by atoms with E-state index in [1.165, 1.54) is 10.5 Å². The molecular weight excluding hydrogens is 202 g/mol. The molecule has 0 radical (unpaired) electrons. The average Bonchev–Trinajstić information content (AvgIpc) is 2.31. The van der Waals surface area contributed by atoms with Crippen molar-refractivity contribution in [2.45, 2.75) is 19.3 Å². The summed E-state index contributed by atoms with van der Waals surface area (Å²) in [5, 5.41) is 8.84. The van der Waals surface area contributed by atoms with Gasteiger partial charge in [-0.3, -0.25) is 0 Å². The minimum atomic E-state index is -0.779. The monoisotopic (exact) mass is 219 g/mol. The van der Waals surface area contributed by atoms with Crippen LogP contribution in [-0.4, -0.2) is 29.2 Å². The van der Waals surface area contributed by atoms with Crippen molar-refractivity contribution in [1.29, 1.82) is 0 Å². The molecule has 1 saturated heterocycles. The predicted molar refractivity (Wildman–Crippen MR) is 62.5 cm³/mol. The van der Waals surface area contributed by atoms with Gasteiger partial charge in [-0.15, -0.1) is 0 Å². The highest BCUT2D eigenvalue weighted by Gasteiger charge is 2.21. The van der Waals surface area contributed by atoms with E-state index in [2.05, 4.69) is 24.3 Å². The molecule has 0 saturated carbocycles. The van der Waals surface area contributed by atoms with E-state index in [1.807, 2.05) is 6.07 Å². The van der Waals surface area contributed by atoms with Crippen molar-refractivity contribution in [3.05, 3.63) is 35.9 Å². The van der Waals surface area contributed by atoms with Crippen LogP contribution < -0.4 is 0 Å². The van der Waals surface area contributed by atoms with Gasteiger partial charge in [0.05, 0.1) is 0 Å². The van der Waals surface area contributed by atoms with Crippen LogP contribution in [0.2, 0.25) is 0 Å². The van der Waals surface area contributed by atoms with Crippen LogP contribution in [0.4, 0.5) is 4.79 Å². The lowest BCUT2D eigenvalue weighted by Gasteiger charge is -2.29. The molecule has 0 spiro atoms. The van der Waals surface area contributed by atoms with Crippen LogP contribution in [0.15, 0.2) is 30.3 Å². The molecule has 1 heterocycles. The molecule has 0 aliphatic carbocycles. The second kappa shape index (κ2) is 5.01. The molecule has 1 amide bonds. The number of hydrogen-bond donors (Lipinski definition) is 1. The zero-order valence-corrected chi connectivity index (χ0v) is 9.30. The maximum atomic E-state index is 10.7. The summed E-state index contributed by atoms with van der Waals surface area (Å²) in [7, 11) is 0. The summed E-state index contributed by atoms with van der Waals surface area (Å²) < 4.78 is 0. The van der Waals surface area contributed by atoms with E-state index in [4.69, 9.17) is 5.11 Å². The van der Waals surface area contributed by atoms with E-state index in [-0.39, 0.29) is 0 Å². The van der Waals surface area contributed by atoms with Gasteiger partial charge < -0.3 is 10.0 Å². The number of amides is 1. The fourth-order valence-electron chi connectivity index (χ4n) is 2.28. The number of nitrogens with zero attached hydrogens (tertiary/aromatic N) is 1. The van der Waals surface area contributed by atoms with Crippen molar-refractivity contribution in [1.82, 2.24) is 4.90 Å². The summed E-state index contributed by atoms with van der Waals surface area (Å²) in [5.74, 6) is 0.637. The predicted octanol–water partition coefficient (Wildman–Crippen LogP) is 2.62. The normalized spacial score (nSPS) is 17.4. The third-order valence-corrected chi connectivity index (χ3v) is 3.25. The molecule has 1 N–H and O–H groups in total. The summed E-state index contributed by atoms with van der Waals surface area (Å²) in [6.07, 6.45) is 2.27. The zero-order chi connectivity index (χ0) is 11.4. The average molecular weight is 219 g/mol. The number of rotatable bonds is 2. The molecule has 1 fully saturated rings. The van der Waals surface area contributed by atoms with Crippen LogP contribution in [-0.2, 0) is 6.42 Å². The Morgan fingerprint density at radius 3 is 2.44 bits per heavy atom. The molecule has 3 nitrogen and oxygen atoms in total. The SMILES string of the molecule is O=C(O)N1CCC(Cc2ccccc2)CC1. The molecule has 0 atom stereocenters. The van der Waals surface area contributed by atoms with Gasteiger partial charge >= 0.3 is 6.09 Å². The fourth-order valence-corrected chi connectivity index (χ4v) is 2.28. The van der Waals surface area contributed by atoms with Crippen LogP contribution in [0.25, 0.3) is 0 Å². The molecule has 1 aromatic rings. The largest absolute Gasteiger partial charge is 0.465 e.